The number of benzene rings is 1. The molecule has 110 valence electrons. The molecule has 1 aromatic carbocycles. The zero-order chi connectivity index (χ0) is 14.8. The standard InChI is InChI=1S/C14H15N3O4/c18-12-7-3-10(4-8-12)14-15-13(16-21-14)9-1-5-11(6-2-9)17(19)20/h1-2,5-6,10,12,18H,3-4,7-8H2. The van der Waals surface area contributed by atoms with Crippen molar-refractivity contribution in [2.45, 2.75) is 37.7 Å². The van der Waals surface area contributed by atoms with Crippen LogP contribution in [-0.4, -0.2) is 26.3 Å². The summed E-state index contributed by atoms with van der Waals surface area (Å²) in [6.45, 7) is 0. The smallest absolute Gasteiger partial charge is 0.269 e. The highest BCUT2D eigenvalue weighted by Crippen LogP contribution is 2.32. The molecule has 0 spiro atoms. The number of nitro groups is 1. The summed E-state index contributed by atoms with van der Waals surface area (Å²) in [6, 6.07) is 6.06. The first-order valence-electron chi connectivity index (χ1n) is 6.90. The maximum absolute atomic E-state index is 10.6. The molecule has 1 aliphatic carbocycles. The fourth-order valence-electron chi connectivity index (χ4n) is 2.57. The minimum atomic E-state index is -0.446. The molecule has 3 rings (SSSR count). The van der Waals surface area contributed by atoms with Crippen molar-refractivity contribution in [3.8, 4) is 11.4 Å². The lowest BCUT2D eigenvalue weighted by atomic mass is 9.87. The molecule has 1 saturated carbocycles. The van der Waals surface area contributed by atoms with Crippen molar-refractivity contribution < 1.29 is 14.6 Å². The molecular weight excluding hydrogens is 274 g/mol. The van der Waals surface area contributed by atoms with E-state index in [1.807, 2.05) is 0 Å². The molecule has 1 fully saturated rings. The number of aliphatic hydroxyl groups excluding tert-OH is 1. The Morgan fingerprint density at radius 1 is 1.19 bits per heavy atom. The molecule has 1 aromatic heterocycles. The van der Waals surface area contributed by atoms with Crippen molar-refractivity contribution in [3.05, 3.63) is 40.3 Å². The molecular formula is C14H15N3O4. The van der Waals surface area contributed by atoms with E-state index in [-0.39, 0.29) is 17.7 Å². The second kappa shape index (κ2) is 5.61. The molecule has 1 aliphatic rings. The van der Waals surface area contributed by atoms with Gasteiger partial charge in [-0.15, -0.1) is 0 Å². The highest BCUT2D eigenvalue weighted by Gasteiger charge is 2.25. The van der Waals surface area contributed by atoms with Crippen LogP contribution in [0.3, 0.4) is 0 Å². The summed E-state index contributed by atoms with van der Waals surface area (Å²) in [5.41, 5.74) is 0.718. The van der Waals surface area contributed by atoms with Crippen LogP contribution in [0.4, 0.5) is 5.69 Å². The van der Waals surface area contributed by atoms with E-state index in [4.69, 9.17) is 4.52 Å². The minimum absolute atomic E-state index is 0.0312. The van der Waals surface area contributed by atoms with E-state index in [0.717, 1.165) is 25.7 Å². The Labute approximate surface area is 120 Å². The Hall–Kier alpha value is -2.28. The maximum atomic E-state index is 10.6. The fraction of sp³-hybridized carbons (Fsp3) is 0.429. The largest absolute Gasteiger partial charge is 0.393 e. The number of aromatic nitrogens is 2. The Bertz CT molecular complexity index is 630. The number of aliphatic hydroxyl groups is 1. The average Bonchev–Trinajstić information content (AvgIpc) is 2.98. The first-order valence-corrected chi connectivity index (χ1v) is 6.90. The zero-order valence-corrected chi connectivity index (χ0v) is 11.3. The third kappa shape index (κ3) is 2.92. The van der Waals surface area contributed by atoms with Gasteiger partial charge >= 0.3 is 0 Å². The third-order valence-corrected chi connectivity index (χ3v) is 3.82. The molecule has 1 heterocycles. The predicted octanol–water partition coefficient (Wildman–Crippen LogP) is 2.66. The quantitative estimate of drug-likeness (QED) is 0.688. The molecule has 7 heteroatoms. The molecule has 0 amide bonds. The Morgan fingerprint density at radius 2 is 1.86 bits per heavy atom. The van der Waals surface area contributed by atoms with Crippen molar-refractivity contribution in [1.29, 1.82) is 0 Å². The average molecular weight is 289 g/mol. The lowest BCUT2D eigenvalue weighted by Crippen LogP contribution is -2.17. The molecule has 0 radical (unpaired) electrons. The van der Waals surface area contributed by atoms with E-state index < -0.39 is 4.92 Å². The van der Waals surface area contributed by atoms with E-state index in [1.54, 1.807) is 12.1 Å². The van der Waals surface area contributed by atoms with Crippen LogP contribution in [0, 0.1) is 10.1 Å². The van der Waals surface area contributed by atoms with Crippen molar-refractivity contribution >= 4 is 5.69 Å². The molecule has 0 atom stereocenters. The van der Waals surface area contributed by atoms with E-state index in [2.05, 4.69) is 10.1 Å². The van der Waals surface area contributed by atoms with Crippen LogP contribution in [0.15, 0.2) is 28.8 Å². The van der Waals surface area contributed by atoms with Crippen LogP contribution in [0.1, 0.15) is 37.5 Å². The van der Waals surface area contributed by atoms with E-state index >= 15 is 0 Å². The van der Waals surface area contributed by atoms with Gasteiger partial charge < -0.3 is 9.63 Å². The lowest BCUT2D eigenvalue weighted by molar-refractivity contribution is -0.384. The van der Waals surface area contributed by atoms with Crippen LogP contribution in [0.25, 0.3) is 11.4 Å². The van der Waals surface area contributed by atoms with Gasteiger partial charge in [0.15, 0.2) is 0 Å². The van der Waals surface area contributed by atoms with Gasteiger partial charge in [-0.2, -0.15) is 4.98 Å². The number of nitrogens with zero attached hydrogens (tertiary/aromatic N) is 3. The van der Waals surface area contributed by atoms with E-state index in [1.165, 1.54) is 12.1 Å². The summed E-state index contributed by atoms with van der Waals surface area (Å²) in [5, 5.41) is 24.1. The summed E-state index contributed by atoms with van der Waals surface area (Å²) in [6.07, 6.45) is 2.95. The number of nitro benzene ring substituents is 1. The Balaban J connectivity index is 1.76. The summed E-state index contributed by atoms with van der Waals surface area (Å²) >= 11 is 0. The van der Waals surface area contributed by atoms with Crippen molar-refractivity contribution in [2.24, 2.45) is 0 Å². The first-order chi connectivity index (χ1) is 10.1. The Kier molecular flexibility index (Phi) is 3.66. The number of rotatable bonds is 3. The van der Waals surface area contributed by atoms with Crippen LogP contribution >= 0.6 is 0 Å². The number of non-ortho nitro benzene ring substituents is 1. The second-order valence-corrected chi connectivity index (χ2v) is 5.27. The van der Waals surface area contributed by atoms with E-state index in [0.29, 0.717) is 17.3 Å². The lowest BCUT2D eigenvalue weighted by Gasteiger charge is -2.22. The van der Waals surface area contributed by atoms with Gasteiger partial charge in [0.25, 0.3) is 5.69 Å². The molecule has 0 aliphatic heterocycles. The third-order valence-electron chi connectivity index (χ3n) is 3.82. The first kappa shape index (κ1) is 13.7. The number of hydrogen-bond acceptors (Lipinski definition) is 6. The van der Waals surface area contributed by atoms with Gasteiger partial charge in [0.1, 0.15) is 0 Å². The van der Waals surface area contributed by atoms with Gasteiger partial charge in [-0.05, 0) is 37.8 Å². The molecule has 0 unspecified atom stereocenters. The molecule has 0 bridgehead atoms. The normalized spacial score (nSPS) is 22.1. The summed E-state index contributed by atoms with van der Waals surface area (Å²) in [5.74, 6) is 1.20. The predicted molar refractivity (Wildman–Crippen MR) is 73.6 cm³/mol. The van der Waals surface area contributed by atoms with Crippen molar-refractivity contribution in [2.75, 3.05) is 0 Å². The van der Waals surface area contributed by atoms with Crippen molar-refractivity contribution in [3.63, 3.8) is 0 Å². The second-order valence-electron chi connectivity index (χ2n) is 5.27. The maximum Gasteiger partial charge on any atom is 0.269 e. The molecule has 7 nitrogen and oxygen atoms in total. The SMILES string of the molecule is O=[N+]([O-])c1ccc(-c2noc(C3CCC(O)CC3)n2)cc1. The fourth-order valence-corrected chi connectivity index (χ4v) is 2.57. The minimum Gasteiger partial charge on any atom is -0.393 e. The highest BCUT2D eigenvalue weighted by atomic mass is 16.6. The van der Waals surface area contributed by atoms with Crippen molar-refractivity contribution in [1.82, 2.24) is 10.1 Å². The zero-order valence-electron chi connectivity index (χ0n) is 11.3. The number of hydrogen-bond donors (Lipinski definition) is 1. The Morgan fingerprint density at radius 3 is 2.48 bits per heavy atom. The molecule has 2 aromatic rings. The van der Waals surface area contributed by atoms with Crippen LogP contribution in [-0.2, 0) is 0 Å². The van der Waals surface area contributed by atoms with Gasteiger partial charge in [0, 0.05) is 23.6 Å². The van der Waals surface area contributed by atoms with Crippen LogP contribution < -0.4 is 0 Å². The van der Waals surface area contributed by atoms with Gasteiger partial charge in [-0.3, -0.25) is 10.1 Å². The highest BCUT2D eigenvalue weighted by molar-refractivity contribution is 5.56. The molecule has 0 saturated heterocycles. The van der Waals surface area contributed by atoms with Crippen LogP contribution in [0.5, 0.6) is 0 Å². The van der Waals surface area contributed by atoms with E-state index in [9.17, 15) is 15.2 Å². The summed E-state index contributed by atoms with van der Waals surface area (Å²) < 4.78 is 5.29. The van der Waals surface area contributed by atoms with Gasteiger partial charge in [-0.25, -0.2) is 0 Å². The molecule has 21 heavy (non-hydrogen) atoms. The molecule has 1 N–H and O–H groups in total. The van der Waals surface area contributed by atoms with Gasteiger partial charge in [0.05, 0.1) is 11.0 Å². The summed E-state index contributed by atoms with van der Waals surface area (Å²) in [4.78, 5) is 14.6. The summed E-state index contributed by atoms with van der Waals surface area (Å²) in [7, 11) is 0. The van der Waals surface area contributed by atoms with Gasteiger partial charge in [-0.1, -0.05) is 5.16 Å². The van der Waals surface area contributed by atoms with Gasteiger partial charge in [0.2, 0.25) is 11.7 Å². The monoisotopic (exact) mass is 289 g/mol. The van der Waals surface area contributed by atoms with Crippen LogP contribution in [0.2, 0.25) is 0 Å². The topological polar surface area (TPSA) is 102 Å².